The van der Waals surface area contributed by atoms with E-state index in [1.165, 1.54) is 6.07 Å². The van der Waals surface area contributed by atoms with Gasteiger partial charge in [0, 0.05) is 19.0 Å². The SMILES string of the molecule is Cn1c(Nc2nc(NCc3cccc(C(F)(F)F)c3)c3ncn(-c4ccsc4)c3n2)nc2ccccc21. The first kappa shape index (κ1) is 23.0. The molecule has 2 aromatic carbocycles. The Hall–Kier alpha value is -4.45. The Labute approximate surface area is 212 Å². The van der Waals surface area contributed by atoms with Crippen LogP contribution in [0.3, 0.4) is 0 Å². The number of fused-ring (bicyclic) bond motifs is 2. The molecule has 0 fully saturated rings. The molecule has 0 aliphatic heterocycles. The summed E-state index contributed by atoms with van der Waals surface area (Å²) in [5, 5.41) is 10.3. The molecule has 186 valence electrons. The van der Waals surface area contributed by atoms with Crippen molar-refractivity contribution in [2.24, 2.45) is 7.05 Å². The minimum atomic E-state index is -4.42. The fourth-order valence-electron chi connectivity index (χ4n) is 4.06. The second-order valence-corrected chi connectivity index (χ2v) is 9.10. The molecule has 0 saturated carbocycles. The smallest absolute Gasteiger partial charge is 0.364 e. The minimum absolute atomic E-state index is 0.118. The summed E-state index contributed by atoms with van der Waals surface area (Å²) in [5.41, 5.74) is 3.45. The molecule has 0 radical (unpaired) electrons. The molecule has 0 bridgehead atoms. The molecular formula is C25H19F3N8S. The van der Waals surface area contributed by atoms with Crippen LogP contribution < -0.4 is 10.6 Å². The topological polar surface area (TPSA) is 85.5 Å². The third kappa shape index (κ3) is 4.35. The molecule has 12 heteroatoms. The third-order valence-corrected chi connectivity index (χ3v) is 6.58. The highest BCUT2D eigenvalue weighted by atomic mass is 32.1. The Bertz CT molecular complexity index is 1720. The van der Waals surface area contributed by atoms with Gasteiger partial charge in [-0.1, -0.05) is 24.3 Å². The second-order valence-electron chi connectivity index (χ2n) is 8.32. The highest BCUT2D eigenvalue weighted by molar-refractivity contribution is 7.08. The molecule has 0 amide bonds. The lowest BCUT2D eigenvalue weighted by Gasteiger charge is -2.12. The minimum Gasteiger partial charge on any atom is -0.364 e. The van der Waals surface area contributed by atoms with Gasteiger partial charge in [-0.2, -0.15) is 34.5 Å². The van der Waals surface area contributed by atoms with E-state index in [0.717, 1.165) is 28.9 Å². The second kappa shape index (κ2) is 8.89. The van der Waals surface area contributed by atoms with Gasteiger partial charge in [0.05, 0.1) is 22.3 Å². The number of imidazole rings is 2. The number of nitrogens with one attached hydrogen (secondary N) is 2. The van der Waals surface area contributed by atoms with Crippen molar-refractivity contribution in [3.63, 3.8) is 0 Å². The van der Waals surface area contributed by atoms with Crippen LogP contribution in [-0.4, -0.2) is 29.1 Å². The van der Waals surface area contributed by atoms with Gasteiger partial charge in [-0.15, -0.1) is 0 Å². The van der Waals surface area contributed by atoms with Crippen molar-refractivity contribution in [3.8, 4) is 5.69 Å². The maximum Gasteiger partial charge on any atom is 0.416 e. The number of hydrogen-bond acceptors (Lipinski definition) is 7. The monoisotopic (exact) mass is 520 g/mol. The molecule has 0 spiro atoms. The van der Waals surface area contributed by atoms with Gasteiger partial charge >= 0.3 is 6.18 Å². The Morgan fingerprint density at radius 1 is 1.00 bits per heavy atom. The highest BCUT2D eigenvalue weighted by Crippen LogP contribution is 2.30. The normalized spacial score (nSPS) is 11.9. The van der Waals surface area contributed by atoms with Crippen molar-refractivity contribution in [1.29, 1.82) is 0 Å². The predicted molar refractivity (Wildman–Crippen MR) is 137 cm³/mol. The van der Waals surface area contributed by atoms with Gasteiger partial charge in [-0.3, -0.25) is 9.88 Å². The predicted octanol–water partition coefficient (Wildman–Crippen LogP) is 6.14. The van der Waals surface area contributed by atoms with Crippen LogP contribution in [0.2, 0.25) is 0 Å². The number of aromatic nitrogens is 6. The first-order chi connectivity index (χ1) is 17.9. The first-order valence-electron chi connectivity index (χ1n) is 11.2. The van der Waals surface area contributed by atoms with Crippen molar-refractivity contribution >= 4 is 51.2 Å². The molecule has 0 saturated heterocycles. The molecule has 0 aliphatic rings. The van der Waals surface area contributed by atoms with E-state index in [1.807, 2.05) is 57.3 Å². The summed E-state index contributed by atoms with van der Waals surface area (Å²) in [4.78, 5) is 18.4. The molecule has 4 aromatic heterocycles. The van der Waals surface area contributed by atoms with Crippen LogP contribution >= 0.6 is 11.3 Å². The van der Waals surface area contributed by atoms with Gasteiger partial charge in [0.1, 0.15) is 6.33 Å². The number of halogens is 3. The largest absolute Gasteiger partial charge is 0.416 e. The van der Waals surface area contributed by atoms with Gasteiger partial charge in [-0.25, -0.2) is 9.97 Å². The van der Waals surface area contributed by atoms with E-state index in [2.05, 4.69) is 25.6 Å². The summed E-state index contributed by atoms with van der Waals surface area (Å²) in [6.07, 6.45) is -2.77. The van der Waals surface area contributed by atoms with Crippen LogP contribution in [0.4, 0.5) is 30.9 Å². The quantitative estimate of drug-likeness (QED) is 0.275. The van der Waals surface area contributed by atoms with E-state index in [0.29, 0.717) is 28.5 Å². The van der Waals surface area contributed by atoms with Crippen LogP contribution in [0, 0.1) is 0 Å². The van der Waals surface area contributed by atoms with Crippen molar-refractivity contribution < 1.29 is 13.2 Å². The van der Waals surface area contributed by atoms with Crippen molar-refractivity contribution in [3.05, 3.63) is 82.8 Å². The van der Waals surface area contributed by atoms with Crippen molar-refractivity contribution in [2.45, 2.75) is 12.7 Å². The number of hydrogen-bond donors (Lipinski definition) is 2. The summed E-state index contributed by atoms with van der Waals surface area (Å²) in [5.74, 6) is 1.21. The lowest BCUT2D eigenvalue weighted by molar-refractivity contribution is -0.137. The van der Waals surface area contributed by atoms with Crippen molar-refractivity contribution in [1.82, 2.24) is 29.1 Å². The number of para-hydroxylation sites is 2. The van der Waals surface area contributed by atoms with Gasteiger partial charge < -0.3 is 9.88 Å². The number of alkyl halides is 3. The maximum atomic E-state index is 13.2. The molecular weight excluding hydrogens is 501 g/mol. The van der Waals surface area contributed by atoms with Gasteiger partial charge in [-0.05, 0) is 41.3 Å². The number of benzene rings is 2. The molecule has 8 nitrogen and oxygen atoms in total. The molecule has 0 unspecified atom stereocenters. The summed E-state index contributed by atoms with van der Waals surface area (Å²) in [6, 6.07) is 14.9. The molecule has 6 aromatic rings. The number of aryl methyl sites for hydroxylation is 1. The van der Waals surface area contributed by atoms with E-state index in [1.54, 1.807) is 23.7 Å². The Morgan fingerprint density at radius 2 is 1.86 bits per heavy atom. The molecule has 37 heavy (non-hydrogen) atoms. The number of rotatable bonds is 6. The molecule has 6 rings (SSSR count). The zero-order chi connectivity index (χ0) is 25.6. The highest BCUT2D eigenvalue weighted by Gasteiger charge is 2.30. The zero-order valence-corrected chi connectivity index (χ0v) is 20.2. The summed E-state index contributed by atoms with van der Waals surface area (Å²) >= 11 is 1.54. The van der Waals surface area contributed by atoms with Crippen LogP contribution in [0.1, 0.15) is 11.1 Å². The first-order valence-corrected chi connectivity index (χ1v) is 12.2. The fraction of sp³-hybridized carbons (Fsp3) is 0.120. The van der Waals surface area contributed by atoms with Crippen LogP contribution in [0.15, 0.2) is 71.7 Å². The fourth-order valence-corrected chi connectivity index (χ4v) is 4.69. The molecule has 4 heterocycles. The molecule has 2 N–H and O–H groups in total. The van der Waals surface area contributed by atoms with E-state index in [4.69, 9.17) is 4.98 Å². The maximum absolute atomic E-state index is 13.2. The van der Waals surface area contributed by atoms with Crippen LogP contribution in [0.5, 0.6) is 0 Å². The van der Waals surface area contributed by atoms with E-state index in [9.17, 15) is 13.2 Å². The van der Waals surface area contributed by atoms with Crippen LogP contribution in [0.25, 0.3) is 27.9 Å². The van der Waals surface area contributed by atoms with E-state index < -0.39 is 11.7 Å². The Kier molecular flexibility index (Phi) is 5.52. The molecule has 0 atom stereocenters. The average Bonchev–Trinajstić information content (AvgIpc) is 3.62. The van der Waals surface area contributed by atoms with E-state index >= 15 is 0 Å². The van der Waals surface area contributed by atoms with Gasteiger partial charge in [0.2, 0.25) is 11.9 Å². The van der Waals surface area contributed by atoms with Gasteiger partial charge in [0.15, 0.2) is 17.0 Å². The Morgan fingerprint density at radius 3 is 2.65 bits per heavy atom. The summed E-state index contributed by atoms with van der Waals surface area (Å²) < 4.78 is 43.3. The van der Waals surface area contributed by atoms with Gasteiger partial charge in [0.25, 0.3) is 0 Å². The number of nitrogens with zero attached hydrogens (tertiary/aromatic N) is 6. The standard InChI is InChI=1S/C25H19F3N8S/c1-35-19-8-3-2-7-18(19)31-24(35)34-23-32-21(29-12-15-5-4-6-16(11-15)25(26,27)28)20-22(33-23)36(14-30-20)17-9-10-37-13-17/h2-11,13-14H,12H2,1H3,(H2,29,31,32,33,34). The Balaban J connectivity index is 1.39. The lowest BCUT2D eigenvalue weighted by Crippen LogP contribution is -2.09. The third-order valence-electron chi connectivity index (χ3n) is 5.91. The summed E-state index contributed by atoms with van der Waals surface area (Å²) in [6.45, 7) is 0.118. The zero-order valence-electron chi connectivity index (χ0n) is 19.4. The van der Waals surface area contributed by atoms with Crippen molar-refractivity contribution in [2.75, 3.05) is 10.6 Å². The number of thiophene rings is 1. The number of anilines is 3. The van der Waals surface area contributed by atoms with Crippen LogP contribution in [-0.2, 0) is 19.8 Å². The van der Waals surface area contributed by atoms with E-state index in [-0.39, 0.29) is 12.5 Å². The summed E-state index contributed by atoms with van der Waals surface area (Å²) in [7, 11) is 1.89. The average molecular weight is 521 g/mol. The molecule has 0 aliphatic carbocycles. The lowest BCUT2D eigenvalue weighted by atomic mass is 10.1.